The maximum Gasteiger partial charge on any atom is 0.471 e. The smallest absolute Gasteiger partial charge is 0.471 e. The summed E-state index contributed by atoms with van der Waals surface area (Å²) in [7, 11) is 1.53. The lowest BCUT2D eigenvalue weighted by Gasteiger charge is -2.09. The minimum Gasteiger partial charge on any atom is -0.491 e. The summed E-state index contributed by atoms with van der Waals surface area (Å²) in [5, 5.41) is 7.61. The fourth-order valence-electron chi connectivity index (χ4n) is 2.63. The second kappa shape index (κ2) is 7.51. The molecule has 4 aromatic rings. The van der Waals surface area contributed by atoms with Gasteiger partial charge in [-0.1, -0.05) is 5.16 Å². The molecule has 0 unspecified atom stereocenters. The maximum absolute atomic E-state index is 12.8. The number of alkyl halides is 3. The molecule has 4 rings (SSSR count). The predicted octanol–water partition coefficient (Wildman–Crippen LogP) is 3.49. The van der Waals surface area contributed by atoms with Gasteiger partial charge in [0.1, 0.15) is 12.4 Å². The molecule has 11 heteroatoms. The molecule has 0 amide bonds. The van der Waals surface area contributed by atoms with Crippen LogP contribution in [-0.4, -0.2) is 45.1 Å². The van der Waals surface area contributed by atoms with Crippen molar-refractivity contribution in [3.63, 3.8) is 0 Å². The van der Waals surface area contributed by atoms with Crippen LogP contribution in [0.15, 0.2) is 47.2 Å². The van der Waals surface area contributed by atoms with Gasteiger partial charge in [-0.2, -0.15) is 23.3 Å². The van der Waals surface area contributed by atoms with Crippen LogP contribution in [0.2, 0.25) is 0 Å². The van der Waals surface area contributed by atoms with Crippen LogP contribution in [0.4, 0.5) is 13.2 Å². The molecule has 0 bridgehead atoms. The fourth-order valence-corrected chi connectivity index (χ4v) is 2.63. The lowest BCUT2D eigenvalue weighted by Crippen LogP contribution is -2.05. The number of methoxy groups -OCH3 is 1. The van der Waals surface area contributed by atoms with Crippen LogP contribution in [0.5, 0.6) is 5.75 Å². The van der Waals surface area contributed by atoms with Gasteiger partial charge < -0.3 is 14.0 Å². The van der Waals surface area contributed by atoms with Crippen molar-refractivity contribution in [2.45, 2.75) is 6.18 Å². The minimum absolute atomic E-state index is 0.211. The van der Waals surface area contributed by atoms with Crippen LogP contribution in [0.25, 0.3) is 28.3 Å². The second-order valence-electron chi connectivity index (χ2n) is 5.96. The lowest BCUT2D eigenvalue weighted by molar-refractivity contribution is -0.159. The molecular formula is C18H14F3N5O3. The van der Waals surface area contributed by atoms with Crippen molar-refractivity contribution in [2.24, 2.45) is 0 Å². The quantitative estimate of drug-likeness (QED) is 0.454. The van der Waals surface area contributed by atoms with Crippen LogP contribution in [0, 0.1) is 0 Å². The Labute approximate surface area is 161 Å². The number of imidazole rings is 1. The third kappa shape index (κ3) is 4.04. The number of hydrogen-bond acceptors (Lipinski definition) is 7. The Morgan fingerprint density at radius 1 is 1.10 bits per heavy atom. The van der Waals surface area contributed by atoms with E-state index in [0.717, 1.165) is 0 Å². The van der Waals surface area contributed by atoms with Crippen LogP contribution >= 0.6 is 0 Å². The monoisotopic (exact) mass is 405 g/mol. The predicted molar refractivity (Wildman–Crippen MR) is 94.1 cm³/mol. The SMILES string of the molecule is COCCOc1cc(-c2cn3ncccc3n2)cc(-c2noc(C(F)(F)F)n2)c1. The van der Waals surface area contributed by atoms with E-state index in [9.17, 15) is 13.2 Å². The molecule has 0 radical (unpaired) electrons. The highest BCUT2D eigenvalue weighted by molar-refractivity contribution is 5.71. The molecule has 0 N–H and O–H groups in total. The van der Waals surface area contributed by atoms with E-state index in [1.807, 2.05) is 0 Å². The molecule has 0 aliphatic rings. The first-order valence-corrected chi connectivity index (χ1v) is 8.43. The van der Waals surface area contributed by atoms with E-state index in [-0.39, 0.29) is 12.4 Å². The summed E-state index contributed by atoms with van der Waals surface area (Å²) in [6.45, 7) is 0.602. The highest BCUT2D eigenvalue weighted by Gasteiger charge is 2.38. The first-order valence-electron chi connectivity index (χ1n) is 8.43. The average molecular weight is 405 g/mol. The van der Waals surface area contributed by atoms with Gasteiger partial charge in [0.05, 0.1) is 18.5 Å². The molecule has 3 aromatic heterocycles. The van der Waals surface area contributed by atoms with Crippen molar-refractivity contribution < 1.29 is 27.2 Å². The van der Waals surface area contributed by atoms with E-state index < -0.39 is 12.1 Å². The molecule has 0 atom stereocenters. The first kappa shape index (κ1) is 18.9. The molecule has 150 valence electrons. The number of rotatable bonds is 6. The van der Waals surface area contributed by atoms with Gasteiger partial charge in [-0.3, -0.25) is 0 Å². The average Bonchev–Trinajstić information content (AvgIpc) is 3.35. The number of benzene rings is 1. The summed E-state index contributed by atoms with van der Waals surface area (Å²) in [4.78, 5) is 7.92. The summed E-state index contributed by atoms with van der Waals surface area (Å²) in [5.41, 5.74) is 2.06. The molecule has 0 aliphatic carbocycles. The molecule has 3 heterocycles. The summed E-state index contributed by atoms with van der Waals surface area (Å²) in [5.74, 6) is -1.23. The maximum atomic E-state index is 12.8. The zero-order valence-electron chi connectivity index (χ0n) is 15.1. The summed E-state index contributed by atoms with van der Waals surface area (Å²) in [6.07, 6.45) is -1.41. The summed E-state index contributed by atoms with van der Waals surface area (Å²) < 4.78 is 55.0. The van der Waals surface area contributed by atoms with Gasteiger partial charge in [-0.15, -0.1) is 0 Å². The number of ether oxygens (including phenoxy) is 2. The Hall–Kier alpha value is -3.47. The Morgan fingerprint density at radius 2 is 1.93 bits per heavy atom. The number of nitrogens with zero attached hydrogens (tertiary/aromatic N) is 5. The van der Waals surface area contributed by atoms with E-state index in [1.54, 1.807) is 41.2 Å². The van der Waals surface area contributed by atoms with E-state index in [2.05, 4.69) is 24.7 Å². The highest BCUT2D eigenvalue weighted by Crippen LogP contribution is 2.33. The Morgan fingerprint density at radius 3 is 2.66 bits per heavy atom. The molecule has 0 fully saturated rings. The lowest BCUT2D eigenvalue weighted by atomic mass is 10.1. The van der Waals surface area contributed by atoms with Gasteiger partial charge in [0.2, 0.25) is 5.82 Å². The molecular weight excluding hydrogens is 391 g/mol. The minimum atomic E-state index is -4.73. The molecule has 0 spiro atoms. The van der Waals surface area contributed by atoms with Crippen LogP contribution in [-0.2, 0) is 10.9 Å². The van der Waals surface area contributed by atoms with Crippen molar-refractivity contribution in [1.82, 2.24) is 24.7 Å². The van der Waals surface area contributed by atoms with Crippen molar-refractivity contribution >= 4 is 5.65 Å². The van der Waals surface area contributed by atoms with E-state index in [4.69, 9.17) is 9.47 Å². The zero-order valence-corrected chi connectivity index (χ0v) is 15.1. The van der Waals surface area contributed by atoms with Gasteiger partial charge in [0, 0.05) is 24.4 Å². The van der Waals surface area contributed by atoms with Crippen molar-refractivity contribution in [3.05, 3.63) is 48.6 Å². The third-order valence-electron chi connectivity index (χ3n) is 3.92. The zero-order chi connectivity index (χ0) is 20.4. The van der Waals surface area contributed by atoms with Gasteiger partial charge in [-0.25, -0.2) is 9.50 Å². The highest BCUT2D eigenvalue weighted by atomic mass is 19.4. The molecule has 29 heavy (non-hydrogen) atoms. The van der Waals surface area contributed by atoms with Gasteiger partial charge in [0.25, 0.3) is 0 Å². The van der Waals surface area contributed by atoms with Crippen LogP contribution < -0.4 is 4.74 Å². The standard InChI is InChI=1S/C18H14F3N5O3/c1-27-5-6-28-13-8-11(14-10-26-15(23-14)3-2-4-22-26)7-12(9-13)16-24-17(29-25-16)18(19,20)21/h2-4,7-10H,5-6H2,1H3. The number of aromatic nitrogens is 5. The first-order chi connectivity index (χ1) is 13.9. The topological polar surface area (TPSA) is 87.6 Å². The molecule has 0 aliphatic heterocycles. The summed E-state index contributed by atoms with van der Waals surface area (Å²) in [6, 6.07) is 8.38. The number of halogens is 3. The largest absolute Gasteiger partial charge is 0.491 e. The molecule has 0 saturated carbocycles. The van der Waals surface area contributed by atoms with Crippen LogP contribution in [0.3, 0.4) is 0 Å². The third-order valence-corrected chi connectivity index (χ3v) is 3.92. The Balaban J connectivity index is 1.77. The van der Waals surface area contributed by atoms with Crippen molar-refractivity contribution in [3.8, 4) is 28.4 Å². The molecule has 8 nitrogen and oxygen atoms in total. The second-order valence-corrected chi connectivity index (χ2v) is 5.96. The normalized spacial score (nSPS) is 11.9. The Kier molecular flexibility index (Phi) is 4.89. The molecule has 1 aromatic carbocycles. The van der Waals surface area contributed by atoms with Crippen molar-refractivity contribution in [1.29, 1.82) is 0 Å². The Bertz CT molecular complexity index is 1110. The van der Waals surface area contributed by atoms with E-state index in [1.165, 1.54) is 13.2 Å². The number of hydrogen-bond donors (Lipinski definition) is 0. The van der Waals surface area contributed by atoms with Crippen molar-refractivity contribution in [2.75, 3.05) is 20.3 Å². The van der Waals surface area contributed by atoms with Crippen LogP contribution in [0.1, 0.15) is 5.89 Å². The van der Waals surface area contributed by atoms with E-state index >= 15 is 0 Å². The van der Waals surface area contributed by atoms with Gasteiger partial charge in [0.15, 0.2) is 5.65 Å². The van der Waals surface area contributed by atoms with Gasteiger partial charge >= 0.3 is 12.1 Å². The molecule has 0 saturated heterocycles. The fraction of sp³-hybridized carbons (Fsp3) is 0.222. The number of fused-ring (bicyclic) bond motifs is 1. The summed E-state index contributed by atoms with van der Waals surface area (Å²) >= 11 is 0. The van der Waals surface area contributed by atoms with Gasteiger partial charge in [-0.05, 0) is 30.3 Å². The van der Waals surface area contributed by atoms with E-state index in [0.29, 0.717) is 34.8 Å².